The Kier molecular flexibility index (Phi) is 6.24. The molecule has 0 fully saturated rings. The molecule has 0 aliphatic carbocycles. The highest BCUT2D eigenvalue weighted by Crippen LogP contribution is 2.32. The van der Waals surface area contributed by atoms with Gasteiger partial charge < -0.3 is 14.8 Å². The van der Waals surface area contributed by atoms with E-state index >= 15 is 0 Å². The fourth-order valence-electron chi connectivity index (χ4n) is 2.75. The Morgan fingerprint density at radius 3 is 2.38 bits per heavy atom. The highest BCUT2D eigenvalue weighted by Gasteiger charge is 2.26. The summed E-state index contributed by atoms with van der Waals surface area (Å²) in [5, 5.41) is 3.01. The molecule has 0 aliphatic rings. The molecule has 0 saturated carbocycles. The predicted octanol–water partition coefficient (Wildman–Crippen LogP) is 4.47. The lowest BCUT2D eigenvalue weighted by Gasteiger charge is -2.23. The van der Waals surface area contributed by atoms with E-state index in [1.165, 1.54) is 0 Å². The number of anilines is 1. The van der Waals surface area contributed by atoms with E-state index in [1.807, 2.05) is 30.3 Å². The molecule has 128 valence electrons. The van der Waals surface area contributed by atoms with Gasteiger partial charge in [-0.1, -0.05) is 50.6 Å². The summed E-state index contributed by atoms with van der Waals surface area (Å²) < 4.78 is 10.6. The van der Waals surface area contributed by atoms with Crippen LogP contribution in [0.3, 0.4) is 0 Å². The third-order valence-electron chi connectivity index (χ3n) is 4.32. The summed E-state index contributed by atoms with van der Waals surface area (Å²) in [6, 6.07) is 15.3. The van der Waals surface area contributed by atoms with Gasteiger partial charge >= 0.3 is 0 Å². The molecule has 1 N–H and O–H groups in total. The molecule has 0 aliphatic heterocycles. The Morgan fingerprint density at radius 2 is 1.79 bits per heavy atom. The van der Waals surface area contributed by atoms with Gasteiger partial charge in [0.1, 0.15) is 11.5 Å². The number of amides is 1. The molecule has 0 unspecified atom stereocenters. The molecule has 2 aromatic rings. The molecule has 24 heavy (non-hydrogen) atoms. The van der Waals surface area contributed by atoms with Gasteiger partial charge in [0.15, 0.2) is 0 Å². The third kappa shape index (κ3) is 4.07. The molecule has 2 rings (SSSR count). The standard InChI is InChI=1S/C20H25NO3/c1-5-14(2)19(15-9-7-6-8-10-15)20(22)21-17-12-11-16(23-3)13-18(17)24-4/h6-14,19H,5H2,1-4H3,(H,21,22)/t14-,19-/m0/s1. The third-order valence-corrected chi connectivity index (χ3v) is 4.32. The molecule has 4 heteroatoms. The summed E-state index contributed by atoms with van der Waals surface area (Å²) in [6.45, 7) is 4.20. The van der Waals surface area contributed by atoms with Crippen LogP contribution in [0.5, 0.6) is 11.5 Å². The number of benzene rings is 2. The molecular weight excluding hydrogens is 302 g/mol. The average molecular weight is 327 g/mol. The number of nitrogens with one attached hydrogen (secondary N) is 1. The van der Waals surface area contributed by atoms with E-state index in [1.54, 1.807) is 32.4 Å². The van der Waals surface area contributed by atoms with Gasteiger partial charge in [0.05, 0.1) is 25.8 Å². The van der Waals surface area contributed by atoms with Gasteiger partial charge in [0, 0.05) is 6.07 Å². The minimum absolute atomic E-state index is 0.0287. The van der Waals surface area contributed by atoms with E-state index < -0.39 is 0 Å². The SMILES string of the molecule is CC[C@H](C)[C@H](C(=O)Nc1ccc(OC)cc1OC)c1ccccc1. The number of hydrogen-bond donors (Lipinski definition) is 1. The van der Waals surface area contributed by atoms with Crippen LogP contribution in [0.4, 0.5) is 5.69 Å². The van der Waals surface area contributed by atoms with Crippen LogP contribution in [-0.2, 0) is 4.79 Å². The van der Waals surface area contributed by atoms with Gasteiger partial charge in [-0.15, -0.1) is 0 Å². The van der Waals surface area contributed by atoms with Crippen LogP contribution in [0.2, 0.25) is 0 Å². The predicted molar refractivity (Wildman–Crippen MR) is 96.8 cm³/mol. The zero-order chi connectivity index (χ0) is 17.5. The van der Waals surface area contributed by atoms with E-state index in [0.717, 1.165) is 12.0 Å². The van der Waals surface area contributed by atoms with Crippen molar-refractivity contribution in [3.05, 3.63) is 54.1 Å². The van der Waals surface area contributed by atoms with Crippen LogP contribution in [0, 0.1) is 5.92 Å². The van der Waals surface area contributed by atoms with Gasteiger partial charge in [-0.25, -0.2) is 0 Å². The van der Waals surface area contributed by atoms with Crippen molar-refractivity contribution in [1.29, 1.82) is 0 Å². The average Bonchev–Trinajstić information content (AvgIpc) is 2.62. The number of ether oxygens (including phenoxy) is 2. The summed E-state index contributed by atoms with van der Waals surface area (Å²) in [5.41, 5.74) is 1.67. The first-order chi connectivity index (χ1) is 11.6. The quantitative estimate of drug-likeness (QED) is 0.816. The Labute approximate surface area is 143 Å². The highest BCUT2D eigenvalue weighted by atomic mass is 16.5. The first-order valence-electron chi connectivity index (χ1n) is 8.18. The van der Waals surface area contributed by atoms with Crippen molar-refractivity contribution < 1.29 is 14.3 Å². The Bertz CT molecular complexity index is 670. The first kappa shape index (κ1) is 17.9. The maximum absolute atomic E-state index is 12.9. The number of carbonyl (C=O) groups excluding carboxylic acids is 1. The van der Waals surface area contributed by atoms with Crippen molar-refractivity contribution in [2.75, 3.05) is 19.5 Å². The molecule has 0 aromatic heterocycles. The fraction of sp³-hybridized carbons (Fsp3) is 0.350. The minimum atomic E-state index is -0.206. The van der Waals surface area contributed by atoms with Crippen LogP contribution < -0.4 is 14.8 Å². The van der Waals surface area contributed by atoms with Crippen molar-refractivity contribution in [1.82, 2.24) is 0 Å². The minimum Gasteiger partial charge on any atom is -0.497 e. The Balaban J connectivity index is 2.28. The van der Waals surface area contributed by atoms with E-state index in [-0.39, 0.29) is 17.7 Å². The van der Waals surface area contributed by atoms with Crippen LogP contribution in [0.25, 0.3) is 0 Å². The number of methoxy groups -OCH3 is 2. The maximum Gasteiger partial charge on any atom is 0.232 e. The van der Waals surface area contributed by atoms with Gasteiger partial charge in [-0.3, -0.25) is 4.79 Å². The zero-order valence-electron chi connectivity index (χ0n) is 14.7. The largest absolute Gasteiger partial charge is 0.497 e. The highest BCUT2D eigenvalue weighted by molar-refractivity contribution is 5.97. The monoisotopic (exact) mass is 327 g/mol. The van der Waals surface area contributed by atoms with E-state index in [4.69, 9.17) is 9.47 Å². The molecular formula is C20H25NO3. The van der Waals surface area contributed by atoms with Crippen LogP contribution in [0.1, 0.15) is 31.7 Å². The second-order valence-corrected chi connectivity index (χ2v) is 5.83. The lowest BCUT2D eigenvalue weighted by Crippen LogP contribution is -2.26. The Hall–Kier alpha value is -2.49. The van der Waals surface area contributed by atoms with Crippen LogP contribution in [0.15, 0.2) is 48.5 Å². The number of rotatable bonds is 7. The summed E-state index contributed by atoms with van der Waals surface area (Å²) in [7, 11) is 3.18. The van der Waals surface area contributed by atoms with Gasteiger partial charge in [0.2, 0.25) is 5.91 Å². The molecule has 2 atom stereocenters. The lowest BCUT2D eigenvalue weighted by molar-refractivity contribution is -0.118. The summed E-state index contributed by atoms with van der Waals surface area (Å²) in [6.07, 6.45) is 0.923. The molecule has 1 amide bonds. The fourth-order valence-corrected chi connectivity index (χ4v) is 2.75. The summed E-state index contributed by atoms with van der Waals surface area (Å²) in [4.78, 5) is 12.9. The van der Waals surface area contributed by atoms with Crippen molar-refractivity contribution in [3.63, 3.8) is 0 Å². The van der Waals surface area contributed by atoms with Gasteiger partial charge in [-0.2, -0.15) is 0 Å². The van der Waals surface area contributed by atoms with Gasteiger partial charge in [-0.05, 0) is 23.6 Å². The second kappa shape index (κ2) is 8.39. The second-order valence-electron chi connectivity index (χ2n) is 5.83. The number of carbonyl (C=O) groups is 1. The topological polar surface area (TPSA) is 47.6 Å². The van der Waals surface area contributed by atoms with E-state index in [0.29, 0.717) is 17.2 Å². The normalized spacial score (nSPS) is 13.0. The molecule has 0 radical (unpaired) electrons. The van der Waals surface area contributed by atoms with Crippen LogP contribution in [-0.4, -0.2) is 20.1 Å². The smallest absolute Gasteiger partial charge is 0.232 e. The van der Waals surface area contributed by atoms with Crippen molar-refractivity contribution in [3.8, 4) is 11.5 Å². The van der Waals surface area contributed by atoms with Crippen molar-refractivity contribution >= 4 is 11.6 Å². The molecule has 0 spiro atoms. The van der Waals surface area contributed by atoms with E-state index in [9.17, 15) is 4.79 Å². The summed E-state index contributed by atoms with van der Waals surface area (Å²) in [5.74, 6) is 1.27. The molecule has 0 heterocycles. The molecule has 2 aromatic carbocycles. The number of hydrogen-bond acceptors (Lipinski definition) is 3. The van der Waals surface area contributed by atoms with Crippen molar-refractivity contribution in [2.45, 2.75) is 26.2 Å². The zero-order valence-corrected chi connectivity index (χ0v) is 14.7. The van der Waals surface area contributed by atoms with Crippen LogP contribution >= 0.6 is 0 Å². The lowest BCUT2D eigenvalue weighted by atomic mass is 9.85. The maximum atomic E-state index is 12.9. The Morgan fingerprint density at radius 1 is 1.08 bits per heavy atom. The summed E-state index contributed by atoms with van der Waals surface area (Å²) >= 11 is 0. The van der Waals surface area contributed by atoms with E-state index in [2.05, 4.69) is 19.2 Å². The van der Waals surface area contributed by atoms with Gasteiger partial charge in [0.25, 0.3) is 0 Å². The molecule has 4 nitrogen and oxygen atoms in total. The molecule has 0 saturated heterocycles. The van der Waals surface area contributed by atoms with Crippen molar-refractivity contribution in [2.24, 2.45) is 5.92 Å². The first-order valence-corrected chi connectivity index (χ1v) is 8.18. The molecule has 0 bridgehead atoms.